The van der Waals surface area contributed by atoms with Gasteiger partial charge in [0, 0.05) is 6.04 Å². The van der Waals surface area contributed by atoms with Crippen molar-refractivity contribution in [1.29, 1.82) is 0 Å². The molecule has 0 spiro atoms. The number of aryl methyl sites for hydroxylation is 4. The molecule has 176 valence electrons. The predicted octanol–water partition coefficient (Wildman–Crippen LogP) is 6.07. The molecule has 3 aromatic rings. The van der Waals surface area contributed by atoms with Crippen LogP contribution < -0.4 is 5.46 Å². The number of alkyl halides is 3. The largest absolute Gasteiger partial charge is 0.420 e. The zero-order valence-corrected chi connectivity index (χ0v) is 20.0. The van der Waals surface area contributed by atoms with E-state index in [1.165, 1.54) is 6.07 Å². The number of benzene rings is 3. The molecule has 0 radical (unpaired) electrons. The van der Waals surface area contributed by atoms with Gasteiger partial charge in [-0.2, -0.15) is 13.2 Å². The molecule has 2 nitrogen and oxygen atoms in total. The molecule has 5 rings (SSSR count). The summed E-state index contributed by atoms with van der Waals surface area (Å²) < 4.78 is 49.0. The number of nitrogens with zero attached hydrogens (tertiary/aromatic N) is 1. The van der Waals surface area contributed by atoms with Gasteiger partial charge >= 0.3 is 13.2 Å². The van der Waals surface area contributed by atoms with Gasteiger partial charge in [-0.25, -0.2) is 0 Å². The second-order valence-electron chi connectivity index (χ2n) is 9.94. The number of rotatable bonds is 3. The van der Waals surface area contributed by atoms with Crippen LogP contribution in [0.25, 0.3) is 0 Å². The van der Waals surface area contributed by atoms with Gasteiger partial charge in [0.1, 0.15) is 5.60 Å². The first kappa shape index (κ1) is 23.2. The van der Waals surface area contributed by atoms with Crippen LogP contribution in [0.2, 0.25) is 0 Å². The molecule has 0 unspecified atom stereocenters. The minimum Gasteiger partial charge on any atom is -0.402 e. The molecular formula is C28H29BF3NO. The lowest BCUT2D eigenvalue weighted by molar-refractivity contribution is -0.136. The lowest BCUT2D eigenvalue weighted by Gasteiger charge is -2.37. The molecule has 0 saturated carbocycles. The highest BCUT2D eigenvalue weighted by molar-refractivity contribution is 6.66. The molecule has 3 aromatic carbocycles. The molecule has 2 heterocycles. The second kappa shape index (κ2) is 8.28. The standard InChI is InChI=1S/C28H29BF3NO/c1-18-12-19(2)15-22(14-18)27(23-16-20(3)13-21(4)17-23)26-10-7-11-33(26)29(34-27)25-9-6-5-8-24(25)28(30,31)32/h5-6,8-9,12-17,26H,7,10-11H2,1-4H3/t26-/m0/s1. The molecule has 2 fully saturated rings. The summed E-state index contributed by atoms with van der Waals surface area (Å²) in [5, 5.41) is 0. The molecule has 2 aliphatic rings. The van der Waals surface area contributed by atoms with Crippen molar-refractivity contribution >= 4 is 12.5 Å². The summed E-state index contributed by atoms with van der Waals surface area (Å²) >= 11 is 0. The maximum Gasteiger partial charge on any atom is 0.420 e. The SMILES string of the molecule is Cc1cc(C)cc(C2(c3cc(C)cc(C)c3)OB(c3ccccc3C(F)(F)F)N3CCC[C@H]32)c1. The lowest BCUT2D eigenvalue weighted by Crippen LogP contribution is -2.48. The number of halogens is 3. The maximum atomic E-state index is 14.0. The predicted molar refractivity (Wildman–Crippen MR) is 130 cm³/mol. The summed E-state index contributed by atoms with van der Waals surface area (Å²) in [6.07, 6.45) is -2.65. The summed E-state index contributed by atoms with van der Waals surface area (Å²) in [4.78, 5) is 2.15. The van der Waals surface area contributed by atoms with Crippen molar-refractivity contribution in [2.75, 3.05) is 6.54 Å². The van der Waals surface area contributed by atoms with Crippen LogP contribution in [0.15, 0.2) is 60.7 Å². The van der Waals surface area contributed by atoms with Gasteiger partial charge in [0.05, 0.1) is 5.56 Å². The molecule has 2 aliphatic heterocycles. The van der Waals surface area contributed by atoms with E-state index in [4.69, 9.17) is 4.65 Å². The topological polar surface area (TPSA) is 12.5 Å². The minimum absolute atomic E-state index is 0.0545. The highest BCUT2D eigenvalue weighted by Crippen LogP contribution is 2.50. The van der Waals surface area contributed by atoms with E-state index in [1.54, 1.807) is 12.1 Å². The summed E-state index contributed by atoms with van der Waals surface area (Å²) in [5.41, 5.74) is 5.21. The zero-order chi connectivity index (χ0) is 24.3. The van der Waals surface area contributed by atoms with Crippen molar-refractivity contribution in [3.63, 3.8) is 0 Å². The monoisotopic (exact) mass is 463 g/mol. The van der Waals surface area contributed by atoms with Crippen LogP contribution in [0.4, 0.5) is 13.2 Å². The third kappa shape index (κ3) is 3.77. The Morgan fingerprint density at radius 2 is 1.38 bits per heavy atom. The fourth-order valence-corrected chi connectivity index (χ4v) is 6.11. The van der Waals surface area contributed by atoms with E-state index in [0.29, 0.717) is 6.54 Å². The normalized spacial score (nSPS) is 20.1. The smallest absolute Gasteiger partial charge is 0.402 e. The molecule has 1 atom stereocenters. The molecule has 0 aliphatic carbocycles. The van der Waals surface area contributed by atoms with Crippen LogP contribution >= 0.6 is 0 Å². The molecule has 0 aromatic heterocycles. The fourth-order valence-electron chi connectivity index (χ4n) is 6.11. The van der Waals surface area contributed by atoms with Crippen molar-refractivity contribution in [3.8, 4) is 0 Å². The Morgan fingerprint density at radius 3 is 1.91 bits per heavy atom. The summed E-state index contributed by atoms with van der Waals surface area (Å²) in [7, 11) is -0.771. The van der Waals surface area contributed by atoms with Crippen LogP contribution in [0.1, 0.15) is 51.8 Å². The van der Waals surface area contributed by atoms with E-state index in [1.807, 2.05) is 0 Å². The highest BCUT2D eigenvalue weighted by Gasteiger charge is 2.60. The Balaban J connectivity index is 1.77. The molecule has 0 amide bonds. The van der Waals surface area contributed by atoms with E-state index in [-0.39, 0.29) is 11.5 Å². The van der Waals surface area contributed by atoms with Gasteiger partial charge in [-0.1, -0.05) is 82.9 Å². The van der Waals surface area contributed by atoms with Crippen molar-refractivity contribution in [2.24, 2.45) is 0 Å². The zero-order valence-electron chi connectivity index (χ0n) is 20.0. The quantitative estimate of drug-likeness (QED) is 0.437. The van der Waals surface area contributed by atoms with Gasteiger partial charge in [-0.05, 0) is 63.7 Å². The van der Waals surface area contributed by atoms with Crippen molar-refractivity contribution in [3.05, 3.63) is 99.6 Å². The van der Waals surface area contributed by atoms with E-state index in [0.717, 1.165) is 52.3 Å². The third-order valence-electron chi connectivity index (χ3n) is 7.20. The minimum atomic E-state index is -4.44. The van der Waals surface area contributed by atoms with Gasteiger partial charge in [-0.3, -0.25) is 0 Å². The van der Waals surface area contributed by atoms with E-state index in [9.17, 15) is 13.2 Å². The van der Waals surface area contributed by atoms with Gasteiger partial charge in [-0.15, -0.1) is 0 Å². The Hall–Kier alpha value is -2.57. The molecule has 2 saturated heterocycles. The van der Waals surface area contributed by atoms with Crippen LogP contribution in [-0.4, -0.2) is 24.4 Å². The average molecular weight is 463 g/mol. The number of hydrogen-bond acceptors (Lipinski definition) is 2. The Labute approximate surface area is 199 Å². The van der Waals surface area contributed by atoms with Gasteiger partial charge in [0.2, 0.25) is 0 Å². The van der Waals surface area contributed by atoms with E-state index in [2.05, 4.69) is 68.9 Å². The lowest BCUT2D eigenvalue weighted by atomic mass is 9.69. The first-order valence-corrected chi connectivity index (χ1v) is 11.9. The van der Waals surface area contributed by atoms with Crippen LogP contribution in [0, 0.1) is 27.7 Å². The molecule has 0 N–H and O–H groups in total. The molecule has 34 heavy (non-hydrogen) atoms. The number of fused-ring (bicyclic) bond motifs is 1. The van der Waals surface area contributed by atoms with Crippen LogP contribution in [0.3, 0.4) is 0 Å². The van der Waals surface area contributed by atoms with Crippen molar-refractivity contribution < 1.29 is 17.8 Å². The molecule has 0 bridgehead atoms. The second-order valence-corrected chi connectivity index (χ2v) is 9.94. The summed E-state index contributed by atoms with van der Waals surface area (Å²) in [6.45, 7) is 8.94. The number of hydrogen-bond donors (Lipinski definition) is 0. The summed E-state index contributed by atoms with van der Waals surface area (Å²) in [6, 6.07) is 18.6. The van der Waals surface area contributed by atoms with E-state index >= 15 is 0 Å². The summed E-state index contributed by atoms with van der Waals surface area (Å²) in [5.74, 6) is 0. The Kier molecular flexibility index (Phi) is 5.65. The van der Waals surface area contributed by atoms with Crippen LogP contribution in [-0.2, 0) is 16.4 Å². The van der Waals surface area contributed by atoms with Gasteiger partial charge in [0.25, 0.3) is 0 Å². The Bertz CT molecular complexity index is 1150. The van der Waals surface area contributed by atoms with Crippen LogP contribution in [0.5, 0.6) is 0 Å². The third-order valence-corrected chi connectivity index (χ3v) is 7.20. The van der Waals surface area contributed by atoms with E-state index < -0.39 is 24.4 Å². The van der Waals surface area contributed by atoms with Crippen molar-refractivity contribution in [1.82, 2.24) is 4.81 Å². The maximum absolute atomic E-state index is 14.0. The van der Waals surface area contributed by atoms with Crippen molar-refractivity contribution in [2.45, 2.75) is 58.4 Å². The average Bonchev–Trinajstić information content (AvgIpc) is 3.34. The Morgan fingerprint density at radius 1 is 0.853 bits per heavy atom. The molecule has 6 heteroatoms. The molecular weight excluding hydrogens is 434 g/mol. The fraction of sp³-hybridized carbons (Fsp3) is 0.357. The van der Waals surface area contributed by atoms with Gasteiger partial charge in [0.15, 0.2) is 0 Å². The first-order chi connectivity index (χ1) is 16.1. The highest BCUT2D eigenvalue weighted by atomic mass is 19.4. The van der Waals surface area contributed by atoms with Gasteiger partial charge < -0.3 is 9.47 Å². The first-order valence-electron chi connectivity index (χ1n) is 11.9.